The van der Waals surface area contributed by atoms with Crippen molar-refractivity contribution in [2.24, 2.45) is 0 Å². The highest BCUT2D eigenvalue weighted by atomic mass is 31.2. The Morgan fingerprint density at radius 3 is 0.857 bits per heavy atom. The van der Waals surface area contributed by atoms with Crippen LogP contribution >= 0.6 is 25.8 Å². The van der Waals surface area contributed by atoms with Crippen molar-refractivity contribution in [3.8, 4) is 17.2 Å². The molecule has 0 saturated carbocycles. The molecule has 11 heteroatoms. The van der Waals surface area contributed by atoms with Crippen LogP contribution in [0.25, 0.3) is 0 Å². The van der Waals surface area contributed by atoms with Gasteiger partial charge in [-0.25, -0.2) is 4.31 Å². The van der Waals surface area contributed by atoms with Crippen molar-refractivity contribution >= 4 is 25.8 Å². The highest BCUT2D eigenvalue weighted by Crippen LogP contribution is 2.45. The summed E-state index contributed by atoms with van der Waals surface area (Å²) in [5, 5.41) is 0. The molecule has 0 atom stereocenters. The molecule has 0 aliphatic heterocycles. The molecule has 0 heterocycles. The fourth-order valence-corrected chi connectivity index (χ4v) is 8.23. The van der Waals surface area contributed by atoms with E-state index in [0.29, 0.717) is 0 Å². The van der Waals surface area contributed by atoms with E-state index in [4.69, 9.17) is 33.1 Å². The molecule has 56 heavy (non-hydrogen) atoms. The lowest BCUT2D eigenvalue weighted by Crippen LogP contribution is -2.06. The van der Waals surface area contributed by atoms with Gasteiger partial charge in [0.05, 0.1) is 0 Å². The third kappa shape index (κ3) is 24.8. The van der Waals surface area contributed by atoms with E-state index in [1.54, 1.807) is 0 Å². The Morgan fingerprint density at radius 1 is 0.357 bits per heavy atom. The maximum absolute atomic E-state index is 7.82. The predicted molar refractivity (Wildman–Crippen MR) is 237 cm³/mol. The SMILES string of the molecule is CCCCCCCCCc1ccccc1OP(Oc1ccccc1CCCCCCCCC)Oc1ccccc1CCCCCCCCC.OP(O)OP(O)O. The first-order chi connectivity index (χ1) is 27.4. The zero-order valence-corrected chi connectivity index (χ0v) is 37.3. The Labute approximate surface area is 343 Å². The largest absolute Gasteiger partial charge is 0.530 e. The predicted octanol–water partition coefficient (Wildman–Crippen LogP) is 14.8. The fraction of sp³-hybridized carbons (Fsp3) is 0.600. The van der Waals surface area contributed by atoms with Crippen LogP contribution in [0.2, 0.25) is 0 Å². The van der Waals surface area contributed by atoms with Crippen LogP contribution in [0.4, 0.5) is 0 Å². The molecule has 0 saturated heterocycles. The molecule has 0 aliphatic carbocycles. The van der Waals surface area contributed by atoms with Crippen LogP contribution in [-0.4, -0.2) is 19.6 Å². The maximum atomic E-state index is 7.82. The summed E-state index contributed by atoms with van der Waals surface area (Å²) < 4.78 is 23.9. The number of unbranched alkanes of at least 4 members (excludes halogenated alkanes) is 18. The molecule has 4 N–H and O–H groups in total. The molecule has 8 nitrogen and oxygen atoms in total. The minimum atomic E-state index is -2.61. The van der Waals surface area contributed by atoms with Gasteiger partial charge in [0.25, 0.3) is 0 Å². The average Bonchev–Trinajstić information content (AvgIpc) is 3.18. The van der Waals surface area contributed by atoms with Crippen LogP contribution in [0.15, 0.2) is 72.8 Å². The first-order valence-corrected chi connectivity index (χ1v) is 24.9. The standard InChI is InChI=1S/C45H69O3P.H4O5P2/c1-4-7-10-13-16-19-22-31-40-34-25-28-37-43(40)46-49(47-44-38-29-26-35-41(44)32-23-20-17-14-11-8-5-2)48-45-39-30-27-36-42(45)33-24-21-18-15-12-9-6-3;1-6(2)5-7(3)4/h25-30,34-39H,4-24,31-33H2,1-3H3;1-4H. The van der Waals surface area contributed by atoms with Gasteiger partial charge in [0, 0.05) is 0 Å². The van der Waals surface area contributed by atoms with Gasteiger partial charge in [0.1, 0.15) is 17.2 Å². The molecule has 0 amide bonds. The summed E-state index contributed by atoms with van der Waals surface area (Å²) in [6.45, 7) is 6.84. The maximum Gasteiger partial charge on any atom is 0.530 e. The Kier molecular flexibility index (Phi) is 30.6. The zero-order chi connectivity index (χ0) is 40.5. The quantitative estimate of drug-likeness (QED) is 0.0363. The molecule has 0 aliphatic rings. The van der Waals surface area contributed by atoms with Crippen LogP contribution < -0.4 is 13.6 Å². The summed E-state index contributed by atoms with van der Waals surface area (Å²) in [5.74, 6) is 2.65. The Bertz CT molecular complexity index is 1210. The van der Waals surface area contributed by atoms with Gasteiger partial charge in [-0.3, -0.25) is 0 Å². The van der Waals surface area contributed by atoms with Crippen LogP contribution in [0, 0.1) is 0 Å². The van der Waals surface area contributed by atoms with Crippen molar-refractivity contribution in [2.45, 2.75) is 175 Å². The summed E-state index contributed by atoms with van der Waals surface area (Å²) in [7, 11) is -6.95. The van der Waals surface area contributed by atoms with Gasteiger partial charge in [0.2, 0.25) is 0 Å². The number of hydrogen-bond acceptors (Lipinski definition) is 8. The molecule has 3 aromatic rings. The monoisotopic (exact) mass is 834 g/mol. The lowest BCUT2D eigenvalue weighted by atomic mass is 10.0. The molecule has 0 bridgehead atoms. The van der Waals surface area contributed by atoms with Gasteiger partial charge in [-0.05, 0) is 73.4 Å². The van der Waals surface area contributed by atoms with E-state index in [1.807, 2.05) is 0 Å². The second-order valence-corrected chi connectivity index (χ2v) is 17.2. The number of hydrogen-bond donors (Lipinski definition) is 4. The highest BCUT2D eigenvalue weighted by molar-refractivity contribution is 7.53. The van der Waals surface area contributed by atoms with Crippen molar-refractivity contribution in [1.82, 2.24) is 0 Å². The number of rotatable bonds is 32. The van der Waals surface area contributed by atoms with Gasteiger partial charge in [-0.15, -0.1) is 0 Å². The average molecular weight is 835 g/mol. The van der Waals surface area contributed by atoms with Crippen molar-refractivity contribution in [3.05, 3.63) is 89.5 Å². The van der Waals surface area contributed by atoms with Crippen molar-refractivity contribution in [2.75, 3.05) is 0 Å². The summed E-state index contributed by atoms with van der Waals surface area (Å²) in [6.07, 6.45) is 30.3. The smallest absolute Gasteiger partial charge is 0.408 e. The zero-order valence-electron chi connectivity index (χ0n) is 34.7. The molecule has 0 spiro atoms. The number of aryl methyl sites for hydroxylation is 3. The Morgan fingerprint density at radius 2 is 0.607 bits per heavy atom. The summed E-state index contributed by atoms with van der Waals surface area (Å²) in [4.78, 5) is 31.3. The first kappa shape index (κ1) is 50.3. The molecular weight excluding hydrogens is 761 g/mol. The van der Waals surface area contributed by atoms with Gasteiger partial charge in [-0.1, -0.05) is 191 Å². The molecule has 0 fully saturated rings. The minimum Gasteiger partial charge on any atom is -0.408 e. The fourth-order valence-electron chi connectivity index (χ4n) is 6.58. The van der Waals surface area contributed by atoms with Crippen molar-refractivity contribution < 1.29 is 37.5 Å². The van der Waals surface area contributed by atoms with E-state index in [2.05, 4.69) is 97.9 Å². The van der Waals surface area contributed by atoms with Gasteiger partial charge in [0.15, 0.2) is 0 Å². The van der Waals surface area contributed by atoms with E-state index in [1.165, 1.54) is 152 Å². The topological polar surface area (TPSA) is 118 Å². The highest BCUT2D eigenvalue weighted by Gasteiger charge is 2.24. The van der Waals surface area contributed by atoms with Crippen molar-refractivity contribution in [3.63, 3.8) is 0 Å². The molecule has 0 aromatic heterocycles. The molecule has 316 valence electrons. The van der Waals surface area contributed by atoms with Gasteiger partial charge in [-0.2, -0.15) is 0 Å². The Balaban J connectivity index is 0.00000141. The van der Waals surface area contributed by atoms with E-state index < -0.39 is 25.8 Å². The van der Waals surface area contributed by atoms with Gasteiger partial charge >= 0.3 is 25.8 Å². The molecular formula is C45H73O8P3. The number of benzene rings is 3. The van der Waals surface area contributed by atoms with Crippen LogP contribution in [-0.2, 0) is 23.6 Å². The number of para-hydroxylation sites is 3. The molecule has 3 aromatic carbocycles. The van der Waals surface area contributed by atoms with E-state index in [0.717, 1.165) is 36.5 Å². The van der Waals surface area contributed by atoms with Crippen LogP contribution in [0.1, 0.15) is 172 Å². The van der Waals surface area contributed by atoms with E-state index in [-0.39, 0.29) is 0 Å². The second kappa shape index (κ2) is 34.1. The summed E-state index contributed by atoms with van der Waals surface area (Å²) in [6, 6.07) is 25.5. The van der Waals surface area contributed by atoms with Crippen LogP contribution in [0.3, 0.4) is 0 Å². The van der Waals surface area contributed by atoms with E-state index in [9.17, 15) is 0 Å². The molecule has 0 unspecified atom stereocenters. The Hall–Kier alpha value is -1.85. The second-order valence-electron chi connectivity index (χ2n) is 14.5. The van der Waals surface area contributed by atoms with Crippen molar-refractivity contribution in [1.29, 1.82) is 0 Å². The summed E-state index contributed by atoms with van der Waals surface area (Å²) in [5.41, 5.74) is 3.72. The minimum absolute atomic E-state index is 0.883. The normalized spacial score (nSPS) is 11.2. The lowest BCUT2D eigenvalue weighted by molar-refractivity contribution is 0.324. The molecule has 0 radical (unpaired) electrons. The summed E-state index contributed by atoms with van der Waals surface area (Å²) >= 11 is 0. The first-order valence-electron chi connectivity index (χ1n) is 21.5. The third-order valence-corrected chi connectivity index (χ3v) is 11.9. The third-order valence-electron chi connectivity index (χ3n) is 9.73. The van der Waals surface area contributed by atoms with E-state index >= 15 is 0 Å². The lowest BCUT2D eigenvalue weighted by Gasteiger charge is -2.22. The van der Waals surface area contributed by atoms with Gasteiger partial charge < -0.3 is 33.1 Å². The van der Waals surface area contributed by atoms with Crippen LogP contribution in [0.5, 0.6) is 17.2 Å². The molecule has 3 rings (SSSR count).